The maximum Gasteiger partial charge on any atom is 0.150 e. The minimum atomic E-state index is -0.381. The van der Waals surface area contributed by atoms with Gasteiger partial charge >= 0.3 is 0 Å². The summed E-state index contributed by atoms with van der Waals surface area (Å²) in [7, 11) is 0. The highest BCUT2D eigenvalue weighted by Crippen LogP contribution is 2.26. The zero-order valence-corrected chi connectivity index (χ0v) is 12.2. The summed E-state index contributed by atoms with van der Waals surface area (Å²) in [5.41, 5.74) is 0.803. The molecule has 0 atom stereocenters. The summed E-state index contributed by atoms with van der Waals surface area (Å²) in [5, 5.41) is 3.16. The second-order valence-corrected chi connectivity index (χ2v) is 5.60. The summed E-state index contributed by atoms with van der Waals surface area (Å²) in [5.74, 6) is 1.01. The lowest BCUT2D eigenvalue weighted by Gasteiger charge is -2.19. The summed E-state index contributed by atoms with van der Waals surface area (Å²) >= 11 is 0. The largest absolute Gasteiger partial charge is 0.370 e. The predicted octanol–water partition coefficient (Wildman–Crippen LogP) is 3.41. The number of nitrogens with one attached hydrogen (secondary N) is 1. The summed E-state index contributed by atoms with van der Waals surface area (Å²) in [6.07, 6.45) is 2.76. The second-order valence-electron chi connectivity index (χ2n) is 5.60. The van der Waals surface area contributed by atoms with E-state index >= 15 is 0 Å². The van der Waals surface area contributed by atoms with E-state index in [1.54, 1.807) is 18.3 Å². The Morgan fingerprint density at radius 1 is 1.25 bits per heavy atom. The fourth-order valence-corrected chi connectivity index (χ4v) is 1.78. The van der Waals surface area contributed by atoms with Crippen LogP contribution in [0.5, 0.6) is 0 Å². The number of rotatable bonds is 3. The Balaban J connectivity index is 2.58. The fourth-order valence-electron chi connectivity index (χ4n) is 1.78. The Hall–Kier alpha value is -2.04. The van der Waals surface area contributed by atoms with E-state index in [-0.39, 0.29) is 11.2 Å². The predicted molar refractivity (Wildman–Crippen MR) is 78.1 cm³/mol. The average Bonchev–Trinajstić information content (AvgIpc) is 2.38. The number of aromatic nitrogens is 3. The zero-order chi connectivity index (χ0) is 14.8. The number of halogens is 1. The molecule has 2 rings (SSSR count). The lowest BCUT2D eigenvalue weighted by molar-refractivity contribution is 0.546. The van der Waals surface area contributed by atoms with E-state index in [4.69, 9.17) is 0 Å². The number of nitrogens with zero attached hydrogens (tertiary/aromatic N) is 3. The molecule has 0 saturated carbocycles. The summed E-state index contributed by atoms with van der Waals surface area (Å²) in [4.78, 5) is 12.8. The highest BCUT2D eigenvalue weighted by Gasteiger charge is 2.20. The first-order valence-electron chi connectivity index (χ1n) is 6.65. The topological polar surface area (TPSA) is 50.7 Å². The molecule has 4 nitrogen and oxygen atoms in total. The molecule has 1 N–H and O–H groups in total. The molecule has 20 heavy (non-hydrogen) atoms. The van der Waals surface area contributed by atoms with Gasteiger partial charge in [0.2, 0.25) is 0 Å². The molecule has 0 fully saturated rings. The van der Waals surface area contributed by atoms with Crippen LogP contribution in [0.1, 0.15) is 33.5 Å². The second kappa shape index (κ2) is 5.53. The Morgan fingerprint density at radius 3 is 2.60 bits per heavy atom. The minimum absolute atomic E-state index is 0.205. The van der Waals surface area contributed by atoms with Gasteiger partial charge in [-0.3, -0.25) is 4.98 Å². The van der Waals surface area contributed by atoms with E-state index in [1.807, 2.05) is 27.7 Å². The van der Waals surface area contributed by atoms with Crippen molar-refractivity contribution in [3.63, 3.8) is 0 Å². The first kappa shape index (κ1) is 14.4. The van der Waals surface area contributed by atoms with Gasteiger partial charge in [0.1, 0.15) is 11.6 Å². The molecule has 0 radical (unpaired) electrons. The zero-order valence-electron chi connectivity index (χ0n) is 12.2. The van der Waals surface area contributed by atoms with Crippen LogP contribution in [-0.4, -0.2) is 21.5 Å². The normalized spacial score (nSPS) is 11.4. The third kappa shape index (κ3) is 3.10. The van der Waals surface area contributed by atoms with Crippen molar-refractivity contribution in [2.75, 3.05) is 11.9 Å². The third-order valence-electron chi connectivity index (χ3n) is 2.80. The van der Waals surface area contributed by atoms with E-state index in [1.165, 1.54) is 6.20 Å². The van der Waals surface area contributed by atoms with Crippen LogP contribution >= 0.6 is 0 Å². The Labute approximate surface area is 118 Å². The van der Waals surface area contributed by atoms with Gasteiger partial charge in [0.15, 0.2) is 5.82 Å². The first-order valence-corrected chi connectivity index (χ1v) is 6.65. The molecule has 0 spiro atoms. The lowest BCUT2D eigenvalue weighted by atomic mass is 9.95. The smallest absolute Gasteiger partial charge is 0.150 e. The fraction of sp³-hybridized carbons (Fsp3) is 0.400. The molecule has 0 aliphatic heterocycles. The van der Waals surface area contributed by atoms with Crippen molar-refractivity contribution in [1.29, 1.82) is 0 Å². The lowest BCUT2D eigenvalue weighted by Crippen LogP contribution is -2.18. The number of anilines is 1. The average molecular weight is 274 g/mol. The molecule has 0 bridgehead atoms. The Bertz CT molecular complexity index is 605. The molecule has 0 aromatic carbocycles. The van der Waals surface area contributed by atoms with Crippen LogP contribution in [0.3, 0.4) is 0 Å². The van der Waals surface area contributed by atoms with Gasteiger partial charge in [-0.25, -0.2) is 14.4 Å². The quantitative estimate of drug-likeness (QED) is 0.932. The summed E-state index contributed by atoms with van der Waals surface area (Å²) in [6.45, 7) is 8.84. The molecule has 2 aromatic heterocycles. The van der Waals surface area contributed by atoms with E-state index < -0.39 is 0 Å². The standard InChI is InChI=1S/C15H19FN4/c1-5-18-13-8-12(10-6-7-17-9-11(10)16)19-14(20-13)15(2,3)4/h6-9H,5H2,1-4H3,(H,18,19,20). The van der Waals surface area contributed by atoms with E-state index in [0.717, 1.165) is 6.54 Å². The molecule has 0 amide bonds. The van der Waals surface area contributed by atoms with Crippen LogP contribution in [0.2, 0.25) is 0 Å². The maximum absolute atomic E-state index is 13.9. The molecule has 0 unspecified atom stereocenters. The van der Waals surface area contributed by atoms with Crippen molar-refractivity contribution >= 4 is 5.82 Å². The van der Waals surface area contributed by atoms with Crippen LogP contribution in [0.4, 0.5) is 10.2 Å². The summed E-state index contributed by atoms with van der Waals surface area (Å²) < 4.78 is 13.9. The molecule has 5 heteroatoms. The van der Waals surface area contributed by atoms with Gasteiger partial charge in [0, 0.05) is 29.8 Å². The first-order chi connectivity index (χ1) is 9.41. The van der Waals surface area contributed by atoms with Gasteiger partial charge in [-0.05, 0) is 13.0 Å². The number of hydrogen-bond donors (Lipinski definition) is 1. The monoisotopic (exact) mass is 274 g/mol. The van der Waals surface area contributed by atoms with Crippen molar-refractivity contribution < 1.29 is 4.39 Å². The Kier molecular flexibility index (Phi) is 3.97. The van der Waals surface area contributed by atoms with Crippen molar-refractivity contribution in [3.05, 3.63) is 36.2 Å². The highest BCUT2D eigenvalue weighted by atomic mass is 19.1. The molecule has 0 aliphatic rings. The van der Waals surface area contributed by atoms with Gasteiger partial charge in [-0.2, -0.15) is 0 Å². The van der Waals surface area contributed by atoms with Crippen LogP contribution in [-0.2, 0) is 5.41 Å². The Morgan fingerprint density at radius 2 is 2.00 bits per heavy atom. The molecule has 0 saturated heterocycles. The van der Waals surface area contributed by atoms with Gasteiger partial charge in [0.25, 0.3) is 0 Å². The van der Waals surface area contributed by atoms with Crippen molar-refractivity contribution in [2.45, 2.75) is 33.1 Å². The van der Waals surface area contributed by atoms with Crippen LogP contribution in [0, 0.1) is 5.82 Å². The maximum atomic E-state index is 13.9. The van der Waals surface area contributed by atoms with Crippen LogP contribution in [0.25, 0.3) is 11.3 Å². The molecule has 2 aromatic rings. The van der Waals surface area contributed by atoms with E-state index in [9.17, 15) is 4.39 Å². The van der Waals surface area contributed by atoms with Crippen LogP contribution < -0.4 is 5.32 Å². The summed E-state index contributed by atoms with van der Waals surface area (Å²) in [6, 6.07) is 3.39. The third-order valence-corrected chi connectivity index (χ3v) is 2.80. The number of hydrogen-bond acceptors (Lipinski definition) is 4. The molecule has 106 valence electrons. The van der Waals surface area contributed by atoms with Gasteiger partial charge < -0.3 is 5.32 Å². The molecular formula is C15H19FN4. The highest BCUT2D eigenvalue weighted by molar-refractivity contribution is 5.62. The van der Waals surface area contributed by atoms with Gasteiger partial charge in [0.05, 0.1) is 11.9 Å². The van der Waals surface area contributed by atoms with E-state index in [2.05, 4.69) is 20.3 Å². The van der Waals surface area contributed by atoms with Gasteiger partial charge in [-0.15, -0.1) is 0 Å². The van der Waals surface area contributed by atoms with Crippen molar-refractivity contribution in [3.8, 4) is 11.3 Å². The van der Waals surface area contributed by atoms with Crippen molar-refractivity contribution in [2.24, 2.45) is 0 Å². The van der Waals surface area contributed by atoms with Crippen LogP contribution in [0.15, 0.2) is 24.5 Å². The molecular weight excluding hydrogens is 255 g/mol. The minimum Gasteiger partial charge on any atom is -0.370 e. The number of pyridine rings is 1. The van der Waals surface area contributed by atoms with Crippen molar-refractivity contribution in [1.82, 2.24) is 15.0 Å². The molecule has 0 aliphatic carbocycles. The molecule has 2 heterocycles. The van der Waals surface area contributed by atoms with E-state index in [0.29, 0.717) is 22.9 Å². The SMILES string of the molecule is CCNc1cc(-c2ccncc2F)nc(C(C)(C)C)n1. The van der Waals surface area contributed by atoms with Gasteiger partial charge in [-0.1, -0.05) is 20.8 Å².